The quantitative estimate of drug-likeness (QED) is 0.600. The lowest BCUT2D eigenvalue weighted by Crippen LogP contribution is -2.14. The standard InChI is InChI=1S/C17H17BrN2O4/c1-4-11-5-7-12(8-6-11)17(21)19-15-13(24-3)9-10(2)14(18)16(15)20(22)23/h5-9H,4H2,1-3H3,(H,19,21). The monoisotopic (exact) mass is 392 g/mol. The summed E-state index contributed by atoms with van der Waals surface area (Å²) < 4.78 is 5.52. The number of nitrogens with one attached hydrogen (secondary N) is 1. The Hall–Kier alpha value is -2.41. The number of halogens is 1. The molecule has 0 spiro atoms. The molecule has 2 aromatic rings. The first kappa shape index (κ1) is 17.9. The van der Waals surface area contributed by atoms with Crippen molar-refractivity contribution in [3.63, 3.8) is 0 Å². The lowest BCUT2D eigenvalue weighted by atomic mass is 10.1. The van der Waals surface area contributed by atoms with Gasteiger partial charge in [-0.1, -0.05) is 19.1 Å². The first-order chi connectivity index (χ1) is 11.4. The Morgan fingerprint density at radius 3 is 2.46 bits per heavy atom. The Balaban J connectivity index is 2.45. The van der Waals surface area contributed by atoms with Gasteiger partial charge in [-0.15, -0.1) is 0 Å². The predicted octanol–water partition coefficient (Wildman–Crippen LogP) is 4.49. The zero-order valence-corrected chi connectivity index (χ0v) is 15.1. The molecule has 0 atom stereocenters. The van der Waals surface area contributed by atoms with Crippen molar-refractivity contribution in [2.24, 2.45) is 0 Å². The van der Waals surface area contributed by atoms with Gasteiger partial charge >= 0.3 is 5.69 Å². The number of carbonyl (C=O) groups is 1. The molecule has 1 amide bonds. The summed E-state index contributed by atoms with van der Waals surface area (Å²) in [4.78, 5) is 23.3. The van der Waals surface area contributed by atoms with E-state index >= 15 is 0 Å². The molecule has 6 nitrogen and oxygen atoms in total. The highest BCUT2D eigenvalue weighted by molar-refractivity contribution is 9.10. The molecule has 0 fully saturated rings. The highest BCUT2D eigenvalue weighted by Crippen LogP contribution is 2.42. The predicted molar refractivity (Wildman–Crippen MR) is 95.9 cm³/mol. The first-order valence-corrected chi connectivity index (χ1v) is 8.10. The van der Waals surface area contributed by atoms with Gasteiger partial charge in [-0.2, -0.15) is 0 Å². The highest BCUT2D eigenvalue weighted by atomic mass is 79.9. The molecule has 0 aromatic heterocycles. The van der Waals surface area contributed by atoms with Crippen LogP contribution in [0.25, 0.3) is 0 Å². The number of hydrogen-bond donors (Lipinski definition) is 1. The maximum absolute atomic E-state index is 12.4. The second kappa shape index (κ2) is 7.44. The van der Waals surface area contributed by atoms with Gasteiger partial charge < -0.3 is 10.1 Å². The van der Waals surface area contributed by atoms with Gasteiger partial charge in [0.1, 0.15) is 10.2 Å². The number of anilines is 1. The van der Waals surface area contributed by atoms with E-state index in [2.05, 4.69) is 21.2 Å². The van der Waals surface area contributed by atoms with Crippen LogP contribution in [0.1, 0.15) is 28.4 Å². The molecule has 0 bridgehead atoms. The SMILES string of the molecule is CCc1ccc(C(=O)Nc2c(OC)cc(C)c(Br)c2[N+](=O)[O-])cc1. The third kappa shape index (κ3) is 3.56. The molecule has 7 heteroatoms. The zero-order chi connectivity index (χ0) is 17.9. The lowest BCUT2D eigenvalue weighted by Gasteiger charge is -2.13. The van der Waals surface area contributed by atoms with Crippen LogP contribution in [-0.4, -0.2) is 17.9 Å². The van der Waals surface area contributed by atoms with Crippen LogP contribution in [0.5, 0.6) is 5.75 Å². The molecule has 0 saturated heterocycles. The second-order valence-corrected chi connectivity index (χ2v) is 5.99. The number of ether oxygens (including phenoxy) is 1. The Labute approximate surface area is 148 Å². The van der Waals surface area contributed by atoms with Gasteiger partial charge in [0.2, 0.25) is 0 Å². The van der Waals surface area contributed by atoms with Crippen LogP contribution in [-0.2, 0) is 6.42 Å². The van der Waals surface area contributed by atoms with Crippen molar-refractivity contribution in [2.75, 3.05) is 12.4 Å². The summed E-state index contributed by atoms with van der Waals surface area (Å²) in [6.45, 7) is 3.74. The molecular weight excluding hydrogens is 376 g/mol. The summed E-state index contributed by atoms with van der Waals surface area (Å²) in [6, 6.07) is 8.72. The van der Waals surface area contributed by atoms with Crippen LogP contribution >= 0.6 is 15.9 Å². The van der Waals surface area contributed by atoms with Crippen LogP contribution in [0.15, 0.2) is 34.8 Å². The molecule has 0 aliphatic rings. The largest absolute Gasteiger partial charge is 0.494 e. The number of rotatable bonds is 5. The molecule has 0 unspecified atom stereocenters. The fourth-order valence-corrected chi connectivity index (χ4v) is 2.73. The Morgan fingerprint density at radius 1 is 1.33 bits per heavy atom. The fraction of sp³-hybridized carbons (Fsp3) is 0.235. The molecule has 126 valence electrons. The Morgan fingerprint density at radius 2 is 1.96 bits per heavy atom. The molecule has 1 N–H and O–H groups in total. The van der Waals surface area contributed by atoms with Gasteiger partial charge in [-0.3, -0.25) is 14.9 Å². The van der Waals surface area contributed by atoms with Gasteiger partial charge in [-0.25, -0.2) is 0 Å². The van der Waals surface area contributed by atoms with Crippen molar-refractivity contribution in [2.45, 2.75) is 20.3 Å². The van der Waals surface area contributed by atoms with Crippen molar-refractivity contribution in [1.82, 2.24) is 0 Å². The lowest BCUT2D eigenvalue weighted by molar-refractivity contribution is -0.384. The van der Waals surface area contributed by atoms with Crippen molar-refractivity contribution in [3.05, 3.63) is 61.6 Å². The van der Waals surface area contributed by atoms with Crippen molar-refractivity contribution >= 4 is 33.2 Å². The zero-order valence-electron chi connectivity index (χ0n) is 13.6. The number of benzene rings is 2. The van der Waals surface area contributed by atoms with E-state index in [4.69, 9.17) is 4.74 Å². The second-order valence-electron chi connectivity index (χ2n) is 5.20. The molecule has 0 radical (unpaired) electrons. The average Bonchev–Trinajstić information content (AvgIpc) is 2.57. The first-order valence-electron chi connectivity index (χ1n) is 7.30. The third-order valence-electron chi connectivity index (χ3n) is 3.65. The summed E-state index contributed by atoms with van der Waals surface area (Å²) >= 11 is 3.21. The van der Waals surface area contributed by atoms with Gasteiger partial charge in [0.25, 0.3) is 5.91 Å². The number of methoxy groups -OCH3 is 1. The van der Waals surface area contributed by atoms with E-state index in [0.29, 0.717) is 15.6 Å². The number of amides is 1. The number of nitro benzene ring substituents is 1. The fourth-order valence-electron chi connectivity index (χ4n) is 2.28. The summed E-state index contributed by atoms with van der Waals surface area (Å²) in [7, 11) is 1.40. The van der Waals surface area contributed by atoms with E-state index in [0.717, 1.165) is 12.0 Å². The molecule has 0 saturated carbocycles. The molecule has 0 heterocycles. The molecule has 24 heavy (non-hydrogen) atoms. The minimum Gasteiger partial charge on any atom is -0.494 e. The van der Waals surface area contributed by atoms with Crippen molar-refractivity contribution in [1.29, 1.82) is 0 Å². The molecule has 0 aliphatic heterocycles. The Bertz CT molecular complexity index is 788. The van der Waals surface area contributed by atoms with Crippen LogP contribution in [0.3, 0.4) is 0 Å². The van der Waals surface area contributed by atoms with E-state index in [1.165, 1.54) is 7.11 Å². The minimum absolute atomic E-state index is 0.0320. The van der Waals surface area contributed by atoms with E-state index < -0.39 is 10.8 Å². The normalized spacial score (nSPS) is 10.3. The summed E-state index contributed by atoms with van der Waals surface area (Å²) in [6.07, 6.45) is 0.867. The highest BCUT2D eigenvalue weighted by Gasteiger charge is 2.26. The molecular formula is C17H17BrN2O4. The number of nitrogens with zero attached hydrogens (tertiary/aromatic N) is 1. The molecule has 2 rings (SSSR count). The summed E-state index contributed by atoms with van der Waals surface area (Å²) in [5, 5.41) is 14.0. The van der Waals surface area contributed by atoms with Crippen LogP contribution in [0, 0.1) is 17.0 Å². The van der Waals surface area contributed by atoms with Gasteiger partial charge in [-0.05, 0) is 58.6 Å². The van der Waals surface area contributed by atoms with Crippen molar-refractivity contribution in [3.8, 4) is 5.75 Å². The Kier molecular flexibility index (Phi) is 5.56. The van der Waals surface area contributed by atoms with Gasteiger partial charge in [0.05, 0.1) is 12.0 Å². The number of nitro groups is 1. The smallest absolute Gasteiger partial charge is 0.310 e. The maximum Gasteiger partial charge on any atom is 0.310 e. The molecule has 2 aromatic carbocycles. The van der Waals surface area contributed by atoms with Crippen LogP contribution in [0.2, 0.25) is 0 Å². The van der Waals surface area contributed by atoms with Gasteiger partial charge in [0, 0.05) is 5.56 Å². The number of hydrogen-bond acceptors (Lipinski definition) is 4. The summed E-state index contributed by atoms with van der Waals surface area (Å²) in [5.74, 6) is -0.198. The molecule has 0 aliphatic carbocycles. The number of carbonyl (C=O) groups excluding carboxylic acids is 1. The van der Waals surface area contributed by atoms with Crippen LogP contribution < -0.4 is 10.1 Å². The maximum atomic E-state index is 12.4. The van der Waals surface area contributed by atoms with E-state index in [9.17, 15) is 14.9 Å². The topological polar surface area (TPSA) is 81.5 Å². The van der Waals surface area contributed by atoms with Gasteiger partial charge in [0.15, 0.2) is 5.69 Å². The van der Waals surface area contributed by atoms with E-state index in [-0.39, 0.29) is 17.1 Å². The van der Waals surface area contributed by atoms with Crippen molar-refractivity contribution < 1.29 is 14.5 Å². The van der Waals surface area contributed by atoms with Crippen LogP contribution in [0.4, 0.5) is 11.4 Å². The van der Waals surface area contributed by atoms with E-state index in [1.54, 1.807) is 25.1 Å². The third-order valence-corrected chi connectivity index (χ3v) is 4.65. The number of aryl methyl sites for hydroxylation is 2. The minimum atomic E-state index is -0.546. The average molecular weight is 393 g/mol. The summed E-state index contributed by atoms with van der Waals surface area (Å²) in [5.41, 5.74) is 1.97. The van der Waals surface area contributed by atoms with E-state index in [1.807, 2.05) is 19.1 Å².